The normalized spacial score (nSPS) is 11.1. The van der Waals surface area contributed by atoms with E-state index in [4.69, 9.17) is 10.2 Å². The Kier molecular flexibility index (Phi) is 10.9. The van der Waals surface area contributed by atoms with Crippen LogP contribution in [0.3, 0.4) is 0 Å². The first-order chi connectivity index (χ1) is 6.81. The van der Waals surface area contributed by atoms with Gasteiger partial charge in [-0.15, -0.1) is 0 Å². The Morgan fingerprint density at radius 1 is 0.714 bits per heavy atom. The second-order valence-corrected chi connectivity index (χ2v) is 3.87. The van der Waals surface area contributed by atoms with Crippen LogP contribution in [0, 0.1) is 0 Å². The minimum absolute atomic E-state index is 0.310. The van der Waals surface area contributed by atoms with Gasteiger partial charge in [-0.3, -0.25) is 0 Å². The molecule has 0 atom stereocenters. The molecule has 0 bridgehead atoms. The zero-order chi connectivity index (χ0) is 10.6. The van der Waals surface area contributed by atoms with Gasteiger partial charge in [-0.05, 0) is 45.8 Å². The van der Waals surface area contributed by atoms with E-state index in [1.165, 1.54) is 12.8 Å². The molecule has 86 valence electrons. The quantitative estimate of drug-likeness (QED) is 0.525. The minimum atomic E-state index is 0.310. The molecule has 0 saturated carbocycles. The summed E-state index contributed by atoms with van der Waals surface area (Å²) in [7, 11) is 2.13. The number of rotatable bonds is 10. The molecule has 0 aromatic heterocycles. The van der Waals surface area contributed by atoms with E-state index < -0.39 is 0 Å². The Labute approximate surface area is 87.7 Å². The second-order valence-electron chi connectivity index (χ2n) is 3.87. The second kappa shape index (κ2) is 11.0. The SMILES string of the molecule is CN(CCCCO)CCCCCCO. The van der Waals surface area contributed by atoms with Crippen molar-refractivity contribution < 1.29 is 10.2 Å². The lowest BCUT2D eigenvalue weighted by Gasteiger charge is -2.15. The fraction of sp³-hybridized carbons (Fsp3) is 1.00. The molecule has 14 heavy (non-hydrogen) atoms. The number of aliphatic hydroxyl groups excluding tert-OH is 2. The van der Waals surface area contributed by atoms with Gasteiger partial charge in [-0.1, -0.05) is 12.8 Å². The molecule has 0 aliphatic carbocycles. The Morgan fingerprint density at radius 3 is 1.71 bits per heavy atom. The molecule has 0 spiro atoms. The number of aliphatic hydroxyl groups is 2. The lowest BCUT2D eigenvalue weighted by Crippen LogP contribution is -2.21. The molecule has 0 aliphatic heterocycles. The summed E-state index contributed by atoms with van der Waals surface area (Å²) < 4.78 is 0. The first-order valence-corrected chi connectivity index (χ1v) is 5.71. The van der Waals surface area contributed by atoms with Gasteiger partial charge in [0.2, 0.25) is 0 Å². The summed E-state index contributed by atoms with van der Waals surface area (Å²) in [5.41, 5.74) is 0. The van der Waals surface area contributed by atoms with Crippen LogP contribution >= 0.6 is 0 Å². The largest absolute Gasteiger partial charge is 0.396 e. The maximum atomic E-state index is 8.61. The Bertz CT molecular complexity index is 109. The summed E-state index contributed by atoms with van der Waals surface area (Å²) in [6, 6.07) is 0. The molecule has 0 aromatic rings. The highest BCUT2D eigenvalue weighted by Gasteiger charge is 1.97. The zero-order valence-electron chi connectivity index (χ0n) is 9.41. The van der Waals surface area contributed by atoms with Crippen LogP contribution < -0.4 is 0 Å². The van der Waals surface area contributed by atoms with E-state index in [9.17, 15) is 0 Å². The van der Waals surface area contributed by atoms with Crippen LogP contribution in [-0.2, 0) is 0 Å². The van der Waals surface area contributed by atoms with Crippen molar-refractivity contribution in [2.75, 3.05) is 33.4 Å². The molecule has 0 amide bonds. The highest BCUT2D eigenvalue weighted by atomic mass is 16.3. The highest BCUT2D eigenvalue weighted by molar-refractivity contribution is 4.52. The Balaban J connectivity index is 3.06. The minimum Gasteiger partial charge on any atom is -0.396 e. The molecular weight excluding hydrogens is 178 g/mol. The van der Waals surface area contributed by atoms with Crippen LogP contribution in [0.2, 0.25) is 0 Å². The number of hydrogen-bond donors (Lipinski definition) is 2. The van der Waals surface area contributed by atoms with Crippen LogP contribution in [0.4, 0.5) is 0 Å². The molecule has 0 radical (unpaired) electrons. The molecule has 3 nitrogen and oxygen atoms in total. The van der Waals surface area contributed by atoms with Gasteiger partial charge in [-0.2, -0.15) is 0 Å². The third kappa shape index (κ3) is 9.96. The fourth-order valence-electron chi connectivity index (χ4n) is 1.45. The summed E-state index contributed by atoms with van der Waals surface area (Å²) in [6.45, 7) is 2.86. The van der Waals surface area contributed by atoms with E-state index in [1.54, 1.807) is 0 Å². The molecule has 0 unspecified atom stereocenters. The molecule has 0 saturated heterocycles. The maximum Gasteiger partial charge on any atom is 0.0431 e. The van der Waals surface area contributed by atoms with E-state index in [-0.39, 0.29) is 0 Å². The third-order valence-corrected chi connectivity index (χ3v) is 2.40. The topological polar surface area (TPSA) is 43.7 Å². The predicted molar refractivity (Wildman–Crippen MR) is 59.4 cm³/mol. The molecule has 0 fully saturated rings. The van der Waals surface area contributed by atoms with Crippen molar-refractivity contribution in [3.63, 3.8) is 0 Å². The van der Waals surface area contributed by atoms with Gasteiger partial charge in [0.15, 0.2) is 0 Å². The molecule has 0 rings (SSSR count). The summed E-state index contributed by atoms with van der Waals surface area (Å²) >= 11 is 0. The molecule has 3 heteroatoms. The van der Waals surface area contributed by atoms with Gasteiger partial charge in [0.1, 0.15) is 0 Å². The number of nitrogens with zero attached hydrogens (tertiary/aromatic N) is 1. The Hall–Kier alpha value is -0.120. The van der Waals surface area contributed by atoms with E-state index >= 15 is 0 Å². The van der Waals surface area contributed by atoms with Gasteiger partial charge >= 0.3 is 0 Å². The van der Waals surface area contributed by atoms with Gasteiger partial charge < -0.3 is 15.1 Å². The van der Waals surface area contributed by atoms with Crippen LogP contribution in [0.1, 0.15) is 38.5 Å². The smallest absolute Gasteiger partial charge is 0.0431 e. The Morgan fingerprint density at radius 2 is 1.14 bits per heavy atom. The van der Waals surface area contributed by atoms with Crippen LogP contribution in [0.15, 0.2) is 0 Å². The number of hydrogen-bond acceptors (Lipinski definition) is 3. The van der Waals surface area contributed by atoms with Crippen molar-refractivity contribution in [1.82, 2.24) is 4.90 Å². The van der Waals surface area contributed by atoms with Crippen molar-refractivity contribution in [2.45, 2.75) is 38.5 Å². The van der Waals surface area contributed by atoms with E-state index in [0.29, 0.717) is 13.2 Å². The van der Waals surface area contributed by atoms with Gasteiger partial charge in [0.05, 0.1) is 0 Å². The molecule has 0 aromatic carbocycles. The highest BCUT2D eigenvalue weighted by Crippen LogP contribution is 2.01. The standard InChI is InChI=1S/C11H25NO2/c1-12(9-5-7-11-14)8-4-2-3-6-10-13/h13-14H,2-11H2,1H3. The molecular formula is C11H25NO2. The van der Waals surface area contributed by atoms with Crippen molar-refractivity contribution in [3.05, 3.63) is 0 Å². The molecule has 0 heterocycles. The van der Waals surface area contributed by atoms with Crippen LogP contribution in [0.25, 0.3) is 0 Å². The lowest BCUT2D eigenvalue weighted by molar-refractivity contribution is 0.259. The zero-order valence-corrected chi connectivity index (χ0v) is 9.41. The van der Waals surface area contributed by atoms with E-state index in [0.717, 1.165) is 38.8 Å². The van der Waals surface area contributed by atoms with Gasteiger partial charge in [0.25, 0.3) is 0 Å². The van der Waals surface area contributed by atoms with Crippen molar-refractivity contribution >= 4 is 0 Å². The average Bonchev–Trinajstić information content (AvgIpc) is 2.18. The molecule has 0 aliphatic rings. The van der Waals surface area contributed by atoms with E-state index in [2.05, 4.69) is 11.9 Å². The number of unbranched alkanes of at least 4 members (excludes halogenated alkanes) is 4. The van der Waals surface area contributed by atoms with Gasteiger partial charge in [-0.25, -0.2) is 0 Å². The van der Waals surface area contributed by atoms with Crippen LogP contribution in [-0.4, -0.2) is 48.5 Å². The molecule has 2 N–H and O–H groups in total. The summed E-state index contributed by atoms with van der Waals surface area (Å²) in [5, 5.41) is 17.2. The fourth-order valence-corrected chi connectivity index (χ4v) is 1.45. The van der Waals surface area contributed by atoms with Crippen molar-refractivity contribution in [3.8, 4) is 0 Å². The average molecular weight is 203 g/mol. The first-order valence-electron chi connectivity index (χ1n) is 5.71. The first kappa shape index (κ1) is 13.9. The summed E-state index contributed by atoms with van der Waals surface area (Å²) in [5.74, 6) is 0. The monoisotopic (exact) mass is 203 g/mol. The third-order valence-electron chi connectivity index (χ3n) is 2.40. The van der Waals surface area contributed by atoms with Crippen molar-refractivity contribution in [1.29, 1.82) is 0 Å². The van der Waals surface area contributed by atoms with E-state index in [1.807, 2.05) is 0 Å². The van der Waals surface area contributed by atoms with Crippen molar-refractivity contribution in [2.24, 2.45) is 0 Å². The maximum absolute atomic E-state index is 8.61. The van der Waals surface area contributed by atoms with Gasteiger partial charge in [0, 0.05) is 13.2 Å². The van der Waals surface area contributed by atoms with Crippen LogP contribution in [0.5, 0.6) is 0 Å². The lowest BCUT2D eigenvalue weighted by atomic mass is 10.2. The summed E-state index contributed by atoms with van der Waals surface area (Å²) in [4.78, 5) is 2.31. The predicted octanol–water partition coefficient (Wildman–Crippen LogP) is 1.24. The summed E-state index contributed by atoms with van der Waals surface area (Å²) in [6.07, 6.45) is 6.51.